The van der Waals surface area contributed by atoms with Gasteiger partial charge in [-0.25, -0.2) is 8.78 Å². The van der Waals surface area contributed by atoms with Crippen LogP contribution in [0.4, 0.5) is 8.78 Å². The zero-order valence-corrected chi connectivity index (χ0v) is 9.37. The molecule has 1 aromatic carbocycles. The van der Waals surface area contributed by atoms with E-state index in [1.165, 1.54) is 18.2 Å². The standard InChI is InChI=1S/C8H5BrCl2F2/c9-7(8(12)13)4-1-2-5(10)6(11)3-4/h1-3,7-8H. The molecule has 0 nitrogen and oxygen atoms in total. The van der Waals surface area contributed by atoms with E-state index in [0.29, 0.717) is 10.6 Å². The molecule has 0 amide bonds. The van der Waals surface area contributed by atoms with Crippen molar-refractivity contribution in [3.05, 3.63) is 33.8 Å². The monoisotopic (exact) mass is 288 g/mol. The van der Waals surface area contributed by atoms with Crippen LogP contribution in [0.5, 0.6) is 0 Å². The van der Waals surface area contributed by atoms with E-state index in [-0.39, 0.29) is 5.02 Å². The van der Waals surface area contributed by atoms with Crippen LogP contribution in [-0.2, 0) is 0 Å². The number of alkyl halides is 3. The summed E-state index contributed by atoms with van der Waals surface area (Å²) in [6, 6.07) is 4.44. The molecular formula is C8H5BrCl2F2. The number of rotatable bonds is 2. The van der Waals surface area contributed by atoms with Crippen molar-refractivity contribution in [3.8, 4) is 0 Å². The van der Waals surface area contributed by atoms with E-state index < -0.39 is 11.3 Å². The van der Waals surface area contributed by atoms with E-state index in [0.717, 1.165) is 0 Å². The second-order valence-corrected chi connectivity index (χ2v) is 4.21. The van der Waals surface area contributed by atoms with E-state index in [4.69, 9.17) is 23.2 Å². The third-order valence-corrected chi connectivity index (χ3v) is 3.15. The van der Waals surface area contributed by atoms with Crippen LogP contribution in [0.3, 0.4) is 0 Å². The Balaban J connectivity index is 2.97. The molecule has 0 heterocycles. The van der Waals surface area contributed by atoms with E-state index in [2.05, 4.69) is 15.9 Å². The highest BCUT2D eigenvalue weighted by Gasteiger charge is 2.19. The van der Waals surface area contributed by atoms with Gasteiger partial charge >= 0.3 is 0 Å². The van der Waals surface area contributed by atoms with Crippen molar-refractivity contribution in [2.75, 3.05) is 0 Å². The topological polar surface area (TPSA) is 0 Å². The van der Waals surface area contributed by atoms with Crippen LogP contribution >= 0.6 is 39.1 Å². The highest BCUT2D eigenvalue weighted by Crippen LogP contribution is 2.33. The zero-order chi connectivity index (χ0) is 10.0. The largest absolute Gasteiger partial charge is 0.255 e. The van der Waals surface area contributed by atoms with Crippen molar-refractivity contribution in [1.29, 1.82) is 0 Å². The SMILES string of the molecule is FC(F)C(Br)c1ccc(Cl)c(Cl)c1. The summed E-state index contributed by atoms with van der Waals surface area (Å²) in [6.45, 7) is 0. The predicted molar refractivity (Wildman–Crippen MR) is 54.1 cm³/mol. The highest BCUT2D eigenvalue weighted by molar-refractivity contribution is 9.09. The maximum atomic E-state index is 12.2. The minimum absolute atomic E-state index is 0.282. The molecule has 0 bridgehead atoms. The molecule has 1 aromatic rings. The molecule has 1 rings (SSSR count). The molecule has 0 fully saturated rings. The van der Waals surface area contributed by atoms with Crippen molar-refractivity contribution < 1.29 is 8.78 Å². The molecule has 72 valence electrons. The maximum absolute atomic E-state index is 12.2. The molecule has 0 aliphatic carbocycles. The Morgan fingerprint density at radius 2 is 1.77 bits per heavy atom. The van der Waals surface area contributed by atoms with Gasteiger partial charge in [0.2, 0.25) is 0 Å². The summed E-state index contributed by atoms with van der Waals surface area (Å²) in [5.74, 6) is 0. The van der Waals surface area contributed by atoms with Gasteiger partial charge in [-0.15, -0.1) is 0 Å². The maximum Gasteiger partial charge on any atom is 0.255 e. The number of hydrogen-bond donors (Lipinski definition) is 0. The van der Waals surface area contributed by atoms with Crippen molar-refractivity contribution in [2.24, 2.45) is 0 Å². The third kappa shape index (κ3) is 2.79. The van der Waals surface area contributed by atoms with Gasteiger partial charge in [-0.2, -0.15) is 0 Å². The summed E-state index contributed by atoms with van der Waals surface area (Å²) >= 11 is 14.2. The smallest absolute Gasteiger partial charge is 0.209 e. The van der Waals surface area contributed by atoms with Gasteiger partial charge in [0.05, 0.1) is 10.0 Å². The molecule has 1 atom stereocenters. The fraction of sp³-hybridized carbons (Fsp3) is 0.250. The summed E-state index contributed by atoms with van der Waals surface area (Å²) in [6.07, 6.45) is -2.46. The quantitative estimate of drug-likeness (QED) is 0.693. The molecule has 13 heavy (non-hydrogen) atoms. The molecule has 0 aliphatic heterocycles. The van der Waals surface area contributed by atoms with Crippen LogP contribution in [0.15, 0.2) is 18.2 Å². The first kappa shape index (κ1) is 11.2. The third-order valence-electron chi connectivity index (χ3n) is 1.48. The van der Waals surface area contributed by atoms with Gasteiger partial charge in [-0.05, 0) is 17.7 Å². The number of halogens is 5. The molecule has 0 N–H and O–H groups in total. The lowest BCUT2D eigenvalue weighted by molar-refractivity contribution is 0.147. The fourth-order valence-corrected chi connectivity index (χ4v) is 1.42. The Kier molecular flexibility index (Phi) is 3.95. The molecule has 5 heteroatoms. The summed E-state index contributed by atoms with van der Waals surface area (Å²) in [7, 11) is 0. The normalized spacial score (nSPS) is 13.4. The lowest BCUT2D eigenvalue weighted by Gasteiger charge is -2.09. The summed E-state index contributed by atoms with van der Waals surface area (Å²) in [5, 5.41) is 0.642. The van der Waals surface area contributed by atoms with Gasteiger partial charge < -0.3 is 0 Å². The fourth-order valence-electron chi connectivity index (χ4n) is 0.829. The van der Waals surface area contributed by atoms with Crippen LogP contribution in [0.1, 0.15) is 10.4 Å². The summed E-state index contributed by atoms with van der Waals surface area (Å²) in [5.41, 5.74) is 0.421. The van der Waals surface area contributed by atoms with E-state index in [1.54, 1.807) is 0 Å². The van der Waals surface area contributed by atoms with E-state index in [9.17, 15) is 8.78 Å². The van der Waals surface area contributed by atoms with Crippen LogP contribution in [-0.4, -0.2) is 6.43 Å². The van der Waals surface area contributed by atoms with Gasteiger partial charge in [0, 0.05) is 0 Å². The second kappa shape index (κ2) is 4.58. The van der Waals surface area contributed by atoms with Crippen LogP contribution in [0, 0.1) is 0 Å². The van der Waals surface area contributed by atoms with Gasteiger partial charge in [0.15, 0.2) is 0 Å². The van der Waals surface area contributed by atoms with Gasteiger partial charge in [-0.1, -0.05) is 45.2 Å². The Morgan fingerprint density at radius 1 is 1.15 bits per heavy atom. The Morgan fingerprint density at radius 3 is 2.23 bits per heavy atom. The Hall–Kier alpha value is 0.140. The Labute approximate surface area is 93.0 Å². The van der Waals surface area contributed by atoms with E-state index >= 15 is 0 Å². The van der Waals surface area contributed by atoms with Crippen LogP contribution < -0.4 is 0 Å². The molecule has 0 saturated heterocycles. The van der Waals surface area contributed by atoms with Gasteiger partial charge in [0.1, 0.15) is 4.83 Å². The van der Waals surface area contributed by atoms with E-state index in [1.807, 2.05) is 0 Å². The molecular weight excluding hydrogens is 285 g/mol. The minimum Gasteiger partial charge on any atom is -0.209 e. The van der Waals surface area contributed by atoms with Crippen molar-refractivity contribution in [3.63, 3.8) is 0 Å². The number of hydrogen-bond acceptors (Lipinski definition) is 0. The van der Waals surface area contributed by atoms with Crippen molar-refractivity contribution in [2.45, 2.75) is 11.3 Å². The summed E-state index contributed by atoms with van der Waals surface area (Å²) in [4.78, 5) is -0.998. The minimum atomic E-state index is -2.46. The average molecular weight is 290 g/mol. The molecule has 0 saturated carbocycles. The Bertz CT molecular complexity index is 304. The molecule has 1 unspecified atom stereocenters. The molecule has 0 aliphatic rings. The van der Waals surface area contributed by atoms with Crippen molar-refractivity contribution in [1.82, 2.24) is 0 Å². The molecule has 0 aromatic heterocycles. The molecule has 0 spiro atoms. The lowest BCUT2D eigenvalue weighted by atomic mass is 10.1. The second-order valence-electron chi connectivity index (χ2n) is 2.41. The van der Waals surface area contributed by atoms with Crippen LogP contribution in [0.2, 0.25) is 10.0 Å². The first-order valence-corrected chi connectivity index (χ1v) is 5.06. The van der Waals surface area contributed by atoms with Gasteiger partial charge in [0.25, 0.3) is 6.43 Å². The molecule has 0 radical (unpaired) electrons. The predicted octanol–water partition coefficient (Wildman–Crippen LogP) is 4.69. The highest BCUT2D eigenvalue weighted by atomic mass is 79.9. The van der Waals surface area contributed by atoms with Crippen LogP contribution in [0.25, 0.3) is 0 Å². The lowest BCUT2D eigenvalue weighted by Crippen LogP contribution is -2.00. The average Bonchev–Trinajstić information content (AvgIpc) is 2.08. The summed E-state index contributed by atoms with van der Waals surface area (Å²) < 4.78 is 24.4. The first-order valence-electron chi connectivity index (χ1n) is 3.39. The first-order chi connectivity index (χ1) is 6.02. The zero-order valence-electron chi connectivity index (χ0n) is 6.28. The van der Waals surface area contributed by atoms with Crippen molar-refractivity contribution >= 4 is 39.1 Å². The van der Waals surface area contributed by atoms with Gasteiger partial charge in [-0.3, -0.25) is 0 Å². The number of benzene rings is 1.